The van der Waals surface area contributed by atoms with E-state index in [0.717, 1.165) is 31.0 Å². The first-order chi connectivity index (χ1) is 15.2. The summed E-state index contributed by atoms with van der Waals surface area (Å²) in [6, 6.07) is 7.78. The van der Waals surface area contributed by atoms with Gasteiger partial charge in [-0.1, -0.05) is 35.0 Å². The normalized spacial score (nSPS) is 18.3. The van der Waals surface area contributed by atoms with Gasteiger partial charge >= 0.3 is 0 Å². The van der Waals surface area contributed by atoms with E-state index in [1.165, 1.54) is 18.2 Å². The van der Waals surface area contributed by atoms with E-state index in [9.17, 15) is 19.5 Å². The lowest BCUT2D eigenvalue weighted by Crippen LogP contribution is -2.41. The molecule has 1 atom stereocenters. The SMILES string of the molecule is CN(C(=O)c1cc(Oc2c(Cl)cc(CC3SC(=O)NC3=O)cc2Cl)ccc1O)C1CCC1. The molecule has 1 saturated heterocycles. The number of ether oxygens (including phenoxy) is 1. The summed E-state index contributed by atoms with van der Waals surface area (Å²) < 4.78 is 5.85. The summed E-state index contributed by atoms with van der Waals surface area (Å²) in [4.78, 5) is 37.6. The fourth-order valence-corrected chi connectivity index (χ4v) is 5.04. The zero-order valence-electron chi connectivity index (χ0n) is 17.1. The van der Waals surface area contributed by atoms with Gasteiger partial charge in [0.2, 0.25) is 5.91 Å². The van der Waals surface area contributed by atoms with Crippen LogP contribution in [0.4, 0.5) is 4.79 Å². The molecule has 32 heavy (non-hydrogen) atoms. The molecule has 1 aliphatic carbocycles. The first kappa shape index (κ1) is 22.8. The second kappa shape index (κ2) is 9.21. The van der Waals surface area contributed by atoms with Crippen LogP contribution in [0.2, 0.25) is 10.0 Å². The topological polar surface area (TPSA) is 95.9 Å². The van der Waals surface area contributed by atoms with Crippen molar-refractivity contribution >= 4 is 52.0 Å². The van der Waals surface area contributed by atoms with Crippen molar-refractivity contribution in [3.63, 3.8) is 0 Å². The van der Waals surface area contributed by atoms with Crippen molar-refractivity contribution in [2.75, 3.05) is 7.05 Å². The summed E-state index contributed by atoms with van der Waals surface area (Å²) >= 11 is 13.7. The molecule has 0 aromatic heterocycles. The van der Waals surface area contributed by atoms with Crippen LogP contribution >= 0.6 is 35.0 Å². The molecule has 0 radical (unpaired) electrons. The minimum Gasteiger partial charge on any atom is -0.507 e. The second-order valence-electron chi connectivity index (χ2n) is 7.76. The highest BCUT2D eigenvalue weighted by atomic mass is 35.5. The average Bonchev–Trinajstić information content (AvgIpc) is 3.00. The molecule has 3 amide bonds. The molecule has 1 heterocycles. The van der Waals surface area contributed by atoms with Crippen molar-refractivity contribution in [3.05, 3.63) is 51.5 Å². The molecule has 168 valence electrons. The van der Waals surface area contributed by atoms with Gasteiger partial charge in [0, 0.05) is 13.1 Å². The van der Waals surface area contributed by atoms with Crippen molar-refractivity contribution in [1.29, 1.82) is 0 Å². The van der Waals surface area contributed by atoms with Crippen molar-refractivity contribution in [2.45, 2.75) is 37.0 Å². The van der Waals surface area contributed by atoms with Crippen LogP contribution in [0, 0.1) is 0 Å². The number of thioether (sulfide) groups is 1. The van der Waals surface area contributed by atoms with Crippen molar-refractivity contribution in [3.8, 4) is 17.2 Å². The van der Waals surface area contributed by atoms with E-state index in [2.05, 4.69) is 5.32 Å². The first-order valence-corrected chi connectivity index (χ1v) is 11.6. The Hall–Kier alpha value is -2.42. The highest BCUT2D eigenvalue weighted by Gasteiger charge is 2.32. The number of amides is 3. The third-order valence-corrected chi connectivity index (χ3v) is 7.15. The quantitative estimate of drug-likeness (QED) is 0.585. The molecule has 0 spiro atoms. The first-order valence-electron chi connectivity index (χ1n) is 10.0. The van der Waals surface area contributed by atoms with Gasteiger partial charge in [0.25, 0.3) is 11.1 Å². The number of imide groups is 1. The van der Waals surface area contributed by atoms with Gasteiger partial charge in [0.15, 0.2) is 5.75 Å². The van der Waals surface area contributed by atoms with Crippen LogP contribution in [-0.4, -0.2) is 45.4 Å². The molecule has 4 rings (SSSR count). The number of aromatic hydroxyl groups is 1. The van der Waals surface area contributed by atoms with E-state index in [0.29, 0.717) is 11.3 Å². The van der Waals surface area contributed by atoms with Crippen molar-refractivity contribution < 1.29 is 24.2 Å². The predicted molar refractivity (Wildman–Crippen MR) is 123 cm³/mol. The third kappa shape index (κ3) is 4.67. The minimum atomic E-state index is -0.542. The second-order valence-corrected chi connectivity index (χ2v) is 9.75. The zero-order valence-corrected chi connectivity index (χ0v) is 19.4. The number of phenolic OH excluding ortho intramolecular Hbond substituents is 1. The summed E-state index contributed by atoms with van der Waals surface area (Å²) in [5.74, 6) is -0.287. The molecule has 7 nitrogen and oxygen atoms in total. The lowest BCUT2D eigenvalue weighted by atomic mass is 9.91. The van der Waals surface area contributed by atoms with E-state index >= 15 is 0 Å². The van der Waals surface area contributed by atoms with E-state index in [1.807, 2.05) is 0 Å². The molecule has 2 aliphatic rings. The van der Waals surface area contributed by atoms with Gasteiger partial charge in [0.1, 0.15) is 11.5 Å². The van der Waals surface area contributed by atoms with Gasteiger partial charge < -0.3 is 14.7 Å². The monoisotopic (exact) mass is 494 g/mol. The van der Waals surface area contributed by atoms with Crippen LogP contribution in [0.25, 0.3) is 0 Å². The standard InChI is InChI=1S/C22H20Cl2N2O5S/c1-26(12-3-2-4-12)21(29)14-10-13(5-6-17(14)27)31-19-15(23)7-11(8-16(19)24)9-18-20(28)25-22(30)32-18/h5-8,10,12,18,27H,2-4,9H2,1H3,(H,25,28,30). The lowest BCUT2D eigenvalue weighted by Gasteiger charge is -2.34. The van der Waals surface area contributed by atoms with E-state index in [-0.39, 0.29) is 56.6 Å². The number of nitrogens with zero attached hydrogens (tertiary/aromatic N) is 1. The largest absolute Gasteiger partial charge is 0.507 e. The Labute approximate surface area is 199 Å². The van der Waals surface area contributed by atoms with Gasteiger partial charge in [-0.2, -0.15) is 0 Å². The average molecular weight is 495 g/mol. The molecule has 2 N–H and O–H groups in total. The number of nitrogens with one attached hydrogen (secondary N) is 1. The summed E-state index contributed by atoms with van der Waals surface area (Å²) in [7, 11) is 1.72. The zero-order chi connectivity index (χ0) is 23.0. The Morgan fingerprint density at radius 2 is 1.91 bits per heavy atom. The molecule has 1 aliphatic heterocycles. The summed E-state index contributed by atoms with van der Waals surface area (Å²) in [5, 5.41) is 12.0. The van der Waals surface area contributed by atoms with Crippen LogP contribution in [0.1, 0.15) is 35.2 Å². The van der Waals surface area contributed by atoms with Gasteiger partial charge in [-0.3, -0.25) is 19.7 Å². The molecule has 10 heteroatoms. The molecule has 1 unspecified atom stereocenters. The van der Waals surface area contributed by atoms with Gasteiger partial charge in [-0.25, -0.2) is 0 Å². The Bertz CT molecular complexity index is 1080. The van der Waals surface area contributed by atoms with Crippen LogP contribution in [-0.2, 0) is 11.2 Å². The summed E-state index contributed by atoms with van der Waals surface area (Å²) in [6.45, 7) is 0. The Morgan fingerprint density at radius 1 is 1.22 bits per heavy atom. The molecule has 2 aromatic carbocycles. The van der Waals surface area contributed by atoms with E-state index in [1.54, 1.807) is 24.1 Å². The van der Waals surface area contributed by atoms with Crippen LogP contribution in [0.15, 0.2) is 30.3 Å². The smallest absolute Gasteiger partial charge is 0.286 e. The number of phenols is 1. The van der Waals surface area contributed by atoms with Gasteiger partial charge in [0.05, 0.1) is 20.9 Å². The van der Waals surface area contributed by atoms with Gasteiger partial charge in [-0.05, 0) is 61.6 Å². The highest BCUT2D eigenvalue weighted by molar-refractivity contribution is 8.15. The number of hydrogen-bond acceptors (Lipinski definition) is 6. The number of rotatable bonds is 6. The van der Waals surface area contributed by atoms with Crippen LogP contribution in [0.5, 0.6) is 17.2 Å². The highest BCUT2D eigenvalue weighted by Crippen LogP contribution is 2.39. The minimum absolute atomic E-state index is 0.134. The summed E-state index contributed by atoms with van der Waals surface area (Å²) in [6.07, 6.45) is 3.27. The molecule has 0 bridgehead atoms. The third-order valence-electron chi connectivity index (χ3n) is 5.61. The fourth-order valence-electron chi connectivity index (χ4n) is 3.57. The van der Waals surface area contributed by atoms with E-state index in [4.69, 9.17) is 27.9 Å². The molecule has 2 fully saturated rings. The molecular weight excluding hydrogens is 475 g/mol. The number of hydrogen-bond donors (Lipinski definition) is 2. The van der Waals surface area contributed by atoms with Crippen LogP contribution in [0.3, 0.4) is 0 Å². The Kier molecular flexibility index (Phi) is 6.55. The van der Waals surface area contributed by atoms with Crippen molar-refractivity contribution in [1.82, 2.24) is 10.2 Å². The lowest BCUT2D eigenvalue weighted by molar-refractivity contribution is -0.118. The molecular formula is C22H20Cl2N2O5S. The maximum atomic E-state index is 12.8. The summed E-state index contributed by atoms with van der Waals surface area (Å²) in [5.41, 5.74) is 0.813. The Morgan fingerprint density at radius 3 is 2.47 bits per heavy atom. The number of halogens is 2. The predicted octanol–water partition coefficient (Wildman–Crippen LogP) is 5.01. The van der Waals surface area contributed by atoms with Crippen LogP contribution < -0.4 is 10.1 Å². The number of benzene rings is 2. The van der Waals surface area contributed by atoms with Gasteiger partial charge in [-0.15, -0.1) is 0 Å². The molecule has 1 saturated carbocycles. The number of carbonyl (C=O) groups is 3. The number of carbonyl (C=O) groups excluding carboxylic acids is 3. The molecule has 2 aromatic rings. The maximum Gasteiger partial charge on any atom is 0.286 e. The Balaban J connectivity index is 1.53. The maximum absolute atomic E-state index is 12.8. The van der Waals surface area contributed by atoms with E-state index < -0.39 is 5.25 Å². The fraction of sp³-hybridized carbons (Fsp3) is 0.318. The van der Waals surface area contributed by atoms with Crippen molar-refractivity contribution in [2.24, 2.45) is 0 Å².